The summed E-state index contributed by atoms with van der Waals surface area (Å²) < 4.78 is 3.33. The van der Waals surface area contributed by atoms with Gasteiger partial charge in [-0.2, -0.15) is 5.26 Å². The van der Waals surface area contributed by atoms with E-state index in [1.807, 2.05) is 16.5 Å². The van der Waals surface area contributed by atoms with Crippen molar-refractivity contribution < 1.29 is 0 Å². The predicted molar refractivity (Wildman–Crippen MR) is 130 cm³/mol. The van der Waals surface area contributed by atoms with Crippen LogP contribution < -0.4 is 10.6 Å². The highest BCUT2D eigenvalue weighted by Gasteiger charge is 2.18. The third kappa shape index (κ3) is 4.62. The van der Waals surface area contributed by atoms with Gasteiger partial charge in [-0.3, -0.25) is 4.40 Å². The number of hydrogen-bond donors (Lipinski definition) is 2. The van der Waals surface area contributed by atoms with Gasteiger partial charge in [0.15, 0.2) is 5.65 Å². The molecule has 0 aliphatic rings. The molecule has 2 N–H and O–H groups in total. The van der Waals surface area contributed by atoms with Crippen LogP contribution in [0.25, 0.3) is 16.9 Å². The summed E-state index contributed by atoms with van der Waals surface area (Å²) in [5.74, 6) is 1.28. The van der Waals surface area contributed by atoms with E-state index in [4.69, 9.17) is 33.4 Å². The minimum Gasteiger partial charge on any atom is -0.368 e. The summed E-state index contributed by atoms with van der Waals surface area (Å²) in [6, 6.07) is 10.8. The molecule has 0 bridgehead atoms. The van der Waals surface area contributed by atoms with Gasteiger partial charge in [-0.15, -0.1) is 0 Å². The minimum atomic E-state index is 0.496. The summed E-state index contributed by atoms with van der Waals surface area (Å²) in [5, 5.41) is 16.4. The number of nitrogens with zero attached hydrogens (tertiary/aromatic N) is 5. The Morgan fingerprint density at radius 1 is 1.03 bits per heavy atom. The monoisotopic (exact) mass is 579 g/mol. The standard InChI is InChI=1S/C20H13Br2Cl2N7/c21-15-10-29-19-17(22)18(13-3-2-12(23)7-14(13)24)30-20(31(15)19)27-6-5-26-16-4-1-11(8-25)9-28-16/h1-4,7,9-10H,5-6H2,(H,26,28)(H,27,30). The van der Waals surface area contributed by atoms with Crippen molar-refractivity contribution in [1.29, 1.82) is 5.26 Å². The molecule has 3 heterocycles. The molecule has 0 fully saturated rings. The quantitative estimate of drug-likeness (QED) is 0.271. The summed E-state index contributed by atoms with van der Waals surface area (Å²) in [4.78, 5) is 13.5. The summed E-state index contributed by atoms with van der Waals surface area (Å²) in [6.45, 7) is 1.14. The van der Waals surface area contributed by atoms with E-state index in [0.717, 1.165) is 10.2 Å². The molecule has 0 aliphatic heterocycles. The van der Waals surface area contributed by atoms with Gasteiger partial charge in [-0.05, 0) is 62.2 Å². The third-order valence-electron chi connectivity index (χ3n) is 4.35. The number of fused-ring (bicyclic) bond motifs is 1. The van der Waals surface area contributed by atoms with Crippen LogP contribution in [0.5, 0.6) is 0 Å². The molecule has 0 unspecified atom stereocenters. The minimum absolute atomic E-state index is 0.496. The van der Waals surface area contributed by atoms with Crippen LogP contribution in [0.3, 0.4) is 0 Å². The first kappa shape index (κ1) is 21.8. The van der Waals surface area contributed by atoms with Crippen LogP contribution in [0.2, 0.25) is 10.0 Å². The van der Waals surface area contributed by atoms with Gasteiger partial charge in [0.2, 0.25) is 5.95 Å². The Morgan fingerprint density at radius 2 is 1.84 bits per heavy atom. The largest absolute Gasteiger partial charge is 0.368 e. The highest BCUT2D eigenvalue weighted by molar-refractivity contribution is 9.11. The van der Waals surface area contributed by atoms with Gasteiger partial charge < -0.3 is 10.6 Å². The van der Waals surface area contributed by atoms with Crippen LogP contribution in [-0.2, 0) is 0 Å². The number of rotatable bonds is 6. The lowest BCUT2D eigenvalue weighted by Crippen LogP contribution is -2.17. The maximum atomic E-state index is 8.86. The molecule has 0 saturated heterocycles. The molecule has 11 heteroatoms. The summed E-state index contributed by atoms with van der Waals surface area (Å²) in [5.41, 5.74) is 2.59. The zero-order valence-corrected chi connectivity index (χ0v) is 20.4. The Labute approximate surface area is 204 Å². The highest BCUT2D eigenvalue weighted by Crippen LogP contribution is 2.37. The Balaban J connectivity index is 1.59. The average molecular weight is 582 g/mol. The first-order chi connectivity index (χ1) is 15.0. The fraction of sp³-hybridized carbons (Fsp3) is 0.100. The maximum absolute atomic E-state index is 8.86. The smallest absolute Gasteiger partial charge is 0.210 e. The molecule has 3 aromatic heterocycles. The molecule has 0 radical (unpaired) electrons. The van der Waals surface area contributed by atoms with Crippen LogP contribution in [0, 0.1) is 11.3 Å². The predicted octanol–water partition coefficient (Wildman–Crippen LogP) is 6.02. The first-order valence-electron chi connectivity index (χ1n) is 8.99. The zero-order valence-electron chi connectivity index (χ0n) is 15.7. The van der Waals surface area contributed by atoms with E-state index in [1.54, 1.807) is 30.5 Å². The normalized spacial score (nSPS) is 10.8. The molecule has 156 valence electrons. The van der Waals surface area contributed by atoms with E-state index >= 15 is 0 Å². The molecule has 0 atom stereocenters. The second-order valence-corrected chi connectivity index (χ2v) is 8.81. The van der Waals surface area contributed by atoms with Gasteiger partial charge in [0.25, 0.3) is 0 Å². The summed E-state index contributed by atoms with van der Waals surface area (Å²) in [7, 11) is 0. The fourth-order valence-electron chi connectivity index (χ4n) is 2.91. The molecule has 4 rings (SSSR count). The average Bonchev–Trinajstić information content (AvgIpc) is 3.16. The Morgan fingerprint density at radius 3 is 2.55 bits per heavy atom. The maximum Gasteiger partial charge on any atom is 0.210 e. The first-order valence-corrected chi connectivity index (χ1v) is 11.3. The lowest BCUT2D eigenvalue weighted by Gasteiger charge is -2.14. The molecule has 0 amide bonds. The topological polar surface area (TPSA) is 90.9 Å². The van der Waals surface area contributed by atoms with E-state index in [9.17, 15) is 0 Å². The fourth-order valence-corrected chi connectivity index (χ4v) is 4.42. The summed E-state index contributed by atoms with van der Waals surface area (Å²) >= 11 is 19.6. The molecule has 0 aliphatic carbocycles. The van der Waals surface area contributed by atoms with Gasteiger partial charge in [0.05, 0.1) is 26.9 Å². The van der Waals surface area contributed by atoms with Crippen LogP contribution in [-0.4, -0.2) is 32.4 Å². The van der Waals surface area contributed by atoms with Crippen molar-refractivity contribution >= 4 is 72.5 Å². The van der Waals surface area contributed by atoms with Crippen molar-refractivity contribution in [2.75, 3.05) is 23.7 Å². The Hall–Kier alpha value is -2.38. The summed E-state index contributed by atoms with van der Waals surface area (Å²) in [6.07, 6.45) is 3.24. The molecule has 0 spiro atoms. The third-order valence-corrected chi connectivity index (χ3v) is 6.18. The van der Waals surface area contributed by atoms with E-state index in [2.05, 4.69) is 52.5 Å². The number of benzene rings is 1. The van der Waals surface area contributed by atoms with Gasteiger partial charge in [-0.25, -0.2) is 15.0 Å². The zero-order chi connectivity index (χ0) is 22.0. The number of pyridine rings is 1. The molecular formula is C20H13Br2Cl2N7. The van der Waals surface area contributed by atoms with Crippen molar-refractivity contribution in [2.24, 2.45) is 0 Å². The number of nitrogens with one attached hydrogen (secondary N) is 2. The SMILES string of the molecule is N#Cc1ccc(NCCNc2nc(-c3ccc(Cl)cc3Cl)c(Br)c3ncc(Br)n23)nc1. The number of aromatic nitrogens is 4. The van der Waals surface area contributed by atoms with Crippen LogP contribution >= 0.6 is 55.1 Å². The van der Waals surface area contributed by atoms with Crippen molar-refractivity contribution in [1.82, 2.24) is 19.4 Å². The van der Waals surface area contributed by atoms with E-state index in [1.165, 1.54) is 6.20 Å². The number of anilines is 2. The van der Waals surface area contributed by atoms with Crippen molar-refractivity contribution in [3.63, 3.8) is 0 Å². The highest BCUT2D eigenvalue weighted by atomic mass is 79.9. The Bertz CT molecular complexity index is 1300. The van der Waals surface area contributed by atoms with Crippen LogP contribution in [0.4, 0.5) is 11.8 Å². The lowest BCUT2D eigenvalue weighted by atomic mass is 10.1. The second kappa shape index (κ2) is 9.40. The second-order valence-electron chi connectivity index (χ2n) is 6.36. The van der Waals surface area contributed by atoms with E-state index in [-0.39, 0.29) is 0 Å². The van der Waals surface area contributed by atoms with E-state index < -0.39 is 0 Å². The molecule has 1 aromatic carbocycles. The van der Waals surface area contributed by atoms with Gasteiger partial charge in [-0.1, -0.05) is 23.2 Å². The van der Waals surface area contributed by atoms with Crippen LogP contribution in [0.1, 0.15) is 5.56 Å². The van der Waals surface area contributed by atoms with Crippen molar-refractivity contribution in [3.8, 4) is 17.3 Å². The number of nitriles is 1. The van der Waals surface area contributed by atoms with Crippen molar-refractivity contribution in [2.45, 2.75) is 0 Å². The van der Waals surface area contributed by atoms with Gasteiger partial charge in [0.1, 0.15) is 16.5 Å². The van der Waals surface area contributed by atoms with Gasteiger partial charge >= 0.3 is 0 Å². The lowest BCUT2D eigenvalue weighted by molar-refractivity contribution is 0.984. The molecule has 0 saturated carbocycles. The van der Waals surface area contributed by atoms with Crippen LogP contribution in [0.15, 0.2) is 51.8 Å². The Kier molecular flexibility index (Phi) is 6.62. The number of halogens is 4. The number of imidazole rings is 1. The molecule has 7 nitrogen and oxygen atoms in total. The molecule has 31 heavy (non-hydrogen) atoms. The number of hydrogen-bond acceptors (Lipinski definition) is 6. The molecular weight excluding hydrogens is 569 g/mol. The molecule has 4 aromatic rings. The van der Waals surface area contributed by atoms with E-state index in [0.29, 0.717) is 56.3 Å². The van der Waals surface area contributed by atoms with Crippen molar-refractivity contribution in [3.05, 3.63) is 67.4 Å². The van der Waals surface area contributed by atoms with Gasteiger partial charge in [0, 0.05) is 29.9 Å².